The molecular weight excluding hydrogens is 964 g/mol. The van der Waals surface area contributed by atoms with Gasteiger partial charge in [0.15, 0.2) is 5.60 Å². The summed E-state index contributed by atoms with van der Waals surface area (Å²) in [4.78, 5) is 74.2. The fourth-order valence-corrected chi connectivity index (χ4v) is 5.99. The Labute approximate surface area is 383 Å². The summed E-state index contributed by atoms with van der Waals surface area (Å²) in [7, 11) is 0. The average molecular weight is 1050 g/mol. The number of ether oxygens (including phenoxy) is 6. The third-order valence-electron chi connectivity index (χ3n) is 9.62. The molecule has 0 aliphatic rings. The maximum absolute atomic E-state index is 13.1. The molecule has 352 valence electrons. The van der Waals surface area contributed by atoms with Crippen molar-refractivity contribution < 1.29 is 83.4 Å². The van der Waals surface area contributed by atoms with Crippen molar-refractivity contribution >= 4 is 49.3 Å². The van der Waals surface area contributed by atoms with Gasteiger partial charge in [-0.3, -0.25) is 24.0 Å². The first kappa shape index (κ1) is 62.1. The van der Waals surface area contributed by atoms with Crippen molar-refractivity contribution in [2.75, 3.05) is 39.6 Å². The van der Waals surface area contributed by atoms with Crippen molar-refractivity contribution in [2.24, 2.45) is 0 Å². The van der Waals surface area contributed by atoms with Gasteiger partial charge in [0.05, 0.1) is 52.5 Å². The van der Waals surface area contributed by atoms with Gasteiger partial charge in [-0.2, -0.15) is 0 Å². The molecule has 0 radical (unpaired) electrons. The zero-order valence-electron chi connectivity index (χ0n) is 37.5. The van der Waals surface area contributed by atoms with Crippen molar-refractivity contribution in [2.45, 2.75) is 213 Å². The molecule has 60 heavy (non-hydrogen) atoms. The number of carbonyl (C=O) groups is 6. The van der Waals surface area contributed by atoms with Crippen LogP contribution < -0.4 is 0 Å². The van der Waals surface area contributed by atoms with Crippen LogP contribution >= 0.6 is 0 Å². The zero-order chi connectivity index (χ0) is 43.0. The minimum Gasteiger partial charge on any atom is -0.813 e. The predicted octanol–water partition coefficient (Wildman–Crippen LogP) is 9.08. The van der Waals surface area contributed by atoms with Gasteiger partial charge < -0.3 is 47.0 Å². The van der Waals surface area contributed by atoms with Crippen LogP contribution in [0.5, 0.6) is 0 Å². The number of carbonyl (C=O) groups excluding carboxylic acids is 6. The van der Waals surface area contributed by atoms with Gasteiger partial charge in [-0.25, -0.2) is 4.79 Å². The maximum atomic E-state index is 13.1. The third kappa shape index (κ3) is 39.9. The summed E-state index contributed by atoms with van der Waals surface area (Å²) in [6.07, 6.45) is 20.4. The number of hydrogen-bond donors (Lipinski definition) is 1. The first-order valence-corrected chi connectivity index (χ1v) is 22.8. The van der Waals surface area contributed by atoms with Crippen molar-refractivity contribution in [3.05, 3.63) is 0 Å². The molecule has 0 aliphatic heterocycles. The molecule has 0 aromatic carbocycles. The number of hydrogen-bond acceptors (Lipinski definition) is 14. The summed E-state index contributed by atoms with van der Waals surface area (Å²) in [5.41, 5.74) is -2.49. The molecule has 0 unspecified atom stereocenters. The van der Waals surface area contributed by atoms with E-state index >= 15 is 0 Å². The van der Waals surface area contributed by atoms with Gasteiger partial charge in [0.1, 0.15) is 0 Å². The molecule has 0 aliphatic carbocycles. The number of aliphatic hydroxyl groups is 1. The average Bonchev–Trinajstić information content (AvgIpc) is 3.19. The first-order chi connectivity index (χ1) is 28.1. The second-order valence-electron chi connectivity index (χ2n) is 15.3. The molecule has 0 aromatic heterocycles. The molecule has 0 atom stereocenters. The monoisotopic (exact) mass is 1050 g/mol. The largest absolute Gasteiger partial charge is 0.813 e. The number of esters is 6. The van der Waals surface area contributed by atoms with Crippen LogP contribution in [0.25, 0.3) is 0 Å². The van der Waals surface area contributed by atoms with Crippen LogP contribution in [-0.4, -0.2) is 86.2 Å². The topological polar surface area (TPSA) is 178 Å². The van der Waals surface area contributed by atoms with Crippen LogP contribution in [0.15, 0.2) is 0 Å². The van der Waals surface area contributed by atoms with Crippen LogP contribution in [0.2, 0.25) is 0 Å². The standard InChI is InChI=1S/C45H80O13.H2S.W/c1-4-7-10-13-19-28-39(46)53-31-22-16-25-34-56-42(49)37-45(52,44(51)58-36-27-18-24-33-55-41(48)30-21-15-12-9-6-3)38-43(50)57-35-26-17-23-32-54-40(47)29-20-14-11-8-5-2;;/h52H,4-38H2,1-3H3;1H2;/p-1. The van der Waals surface area contributed by atoms with E-state index in [4.69, 9.17) is 28.4 Å². The van der Waals surface area contributed by atoms with E-state index in [1.807, 2.05) is 0 Å². The molecule has 0 bridgehead atoms. The Balaban J connectivity index is -0.0000162. The predicted molar refractivity (Wildman–Crippen MR) is 230 cm³/mol. The van der Waals surface area contributed by atoms with Gasteiger partial charge in [-0.15, -0.1) is 0 Å². The Morgan fingerprint density at radius 3 is 0.867 bits per heavy atom. The molecule has 13 nitrogen and oxygen atoms in total. The van der Waals surface area contributed by atoms with Gasteiger partial charge >= 0.3 is 35.8 Å². The summed E-state index contributed by atoms with van der Waals surface area (Å²) >= 11 is 0. The van der Waals surface area contributed by atoms with Crippen molar-refractivity contribution in [3.8, 4) is 0 Å². The van der Waals surface area contributed by atoms with E-state index in [9.17, 15) is 33.9 Å². The van der Waals surface area contributed by atoms with E-state index in [1.165, 1.54) is 12.8 Å². The first-order valence-electron chi connectivity index (χ1n) is 22.8. The van der Waals surface area contributed by atoms with Gasteiger partial charge in [0.25, 0.3) is 0 Å². The minimum absolute atomic E-state index is 0. The molecule has 0 fully saturated rings. The molecule has 1 N–H and O–H groups in total. The molecule has 0 spiro atoms. The van der Waals surface area contributed by atoms with Gasteiger partial charge in [0, 0.05) is 40.3 Å². The second-order valence-corrected chi connectivity index (χ2v) is 15.3. The molecule has 0 amide bonds. The summed E-state index contributed by atoms with van der Waals surface area (Å²) in [6, 6.07) is 0. The van der Waals surface area contributed by atoms with Gasteiger partial charge in [-0.05, 0) is 77.0 Å². The maximum Gasteiger partial charge on any atom is 0.339 e. The van der Waals surface area contributed by atoms with E-state index in [0.717, 1.165) is 83.5 Å². The SMILES string of the molecule is CCCCCCCC(=O)OCCCCCOC(=O)CC(O)(CC(=O)OCCCCCOC(=O)CCCCCCC)C(=O)OCCCCCOC(=O)CCCCCCC.[SH-].[W]. The van der Waals surface area contributed by atoms with E-state index in [1.54, 1.807) is 0 Å². The number of unbranched alkanes of at least 4 members (excludes halogenated alkanes) is 18. The Morgan fingerprint density at radius 2 is 0.583 bits per heavy atom. The molecule has 0 aromatic rings. The van der Waals surface area contributed by atoms with Gasteiger partial charge in [-0.1, -0.05) is 97.8 Å². The van der Waals surface area contributed by atoms with E-state index < -0.39 is 36.4 Å². The molecule has 0 saturated carbocycles. The number of rotatable bonds is 41. The fourth-order valence-electron chi connectivity index (χ4n) is 5.99. The Hall–Kier alpha value is -2.18. The number of thiol groups is 1. The molecule has 0 heterocycles. The molecular formula is C45H81O13SW-. The minimum atomic E-state index is -2.49. The van der Waals surface area contributed by atoms with E-state index in [0.29, 0.717) is 77.0 Å². The Bertz CT molecular complexity index is 1040. The van der Waals surface area contributed by atoms with Crippen LogP contribution in [0.4, 0.5) is 0 Å². The molecule has 15 heteroatoms. The second kappa shape index (κ2) is 44.9. The summed E-state index contributed by atoms with van der Waals surface area (Å²) in [5.74, 6) is -3.51. The van der Waals surface area contributed by atoms with Crippen LogP contribution in [0.3, 0.4) is 0 Å². The van der Waals surface area contributed by atoms with Crippen molar-refractivity contribution in [3.63, 3.8) is 0 Å². The van der Waals surface area contributed by atoms with E-state index in [-0.39, 0.29) is 92.1 Å². The zero-order valence-corrected chi connectivity index (χ0v) is 41.3. The van der Waals surface area contributed by atoms with Crippen molar-refractivity contribution in [1.82, 2.24) is 0 Å². The smallest absolute Gasteiger partial charge is 0.339 e. The van der Waals surface area contributed by atoms with Crippen LogP contribution in [-0.2, 0) is 91.7 Å². The van der Waals surface area contributed by atoms with Crippen molar-refractivity contribution in [1.29, 1.82) is 0 Å². The summed E-state index contributed by atoms with van der Waals surface area (Å²) in [5, 5.41) is 11.3. The normalized spacial score (nSPS) is 10.8. The summed E-state index contributed by atoms with van der Waals surface area (Å²) < 4.78 is 31.6. The van der Waals surface area contributed by atoms with Crippen LogP contribution in [0, 0.1) is 0 Å². The quantitative estimate of drug-likeness (QED) is 0.0202. The summed E-state index contributed by atoms with van der Waals surface area (Å²) in [6.45, 7) is 7.24. The molecule has 0 saturated heterocycles. The Morgan fingerprint density at radius 1 is 0.350 bits per heavy atom. The van der Waals surface area contributed by atoms with Crippen LogP contribution in [0.1, 0.15) is 207 Å². The third-order valence-corrected chi connectivity index (χ3v) is 9.62. The van der Waals surface area contributed by atoms with E-state index in [2.05, 4.69) is 20.8 Å². The fraction of sp³-hybridized carbons (Fsp3) is 0.867. The van der Waals surface area contributed by atoms with Gasteiger partial charge in [0.2, 0.25) is 0 Å². The Kier molecular flexibility index (Phi) is 46.4. The molecule has 0 rings (SSSR count).